The minimum Gasteiger partial charge on any atom is -0.356 e. The van der Waals surface area contributed by atoms with E-state index < -0.39 is 73.7 Å². The van der Waals surface area contributed by atoms with Crippen molar-refractivity contribution in [2.45, 2.75) is 62.7 Å². The van der Waals surface area contributed by atoms with Crippen molar-refractivity contribution in [1.82, 2.24) is 24.5 Å². The fraction of sp³-hybridized carbons (Fsp3) is 0.444. The lowest BCUT2D eigenvalue weighted by Crippen LogP contribution is -2.60. The largest absolute Gasteiger partial charge is 0.450 e. The molecule has 0 unspecified atom stereocenters. The van der Waals surface area contributed by atoms with E-state index in [0.717, 1.165) is 23.4 Å². The number of alkyl halides is 10. The van der Waals surface area contributed by atoms with E-state index in [4.69, 9.17) is 11.6 Å². The molecule has 1 aliphatic carbocycles. The van der Waals surface area contributed by atoms with Crippen LogP contribution in [0.1, 0.15) is 49.5 Å². The number of amides is 2. The molecule has 3 aromatic rings. The van der Waals surface area contributed by atoms with Crippen LogP contribution < -0.4 is 4.18 Å². The van der Waals surface area contributed by atoms with Gasteiger partial charge < -0.3 is 4.18 Å². The fourth-order valence-corrected chi connectivity index (χ4v) is 5.77. The molecular weight excluding hydrogens is 746 g/mol. The van der Waals surface area contributed by atoms with Crippen LogP contribution in [0.2, 0.25) is 5.02 Å². The number of carbonyl (C=O) groups excluding carboxylic acids is 2. The van der Waals surface area contributed by atoms with Gasteiger partial charge in [-0.1, -0.05) is 38.4 Å². The summed E-state index contributed by atoms with van der Waals surface area (Å²) in [4.78, 5) is 27.7. The molecule has 2 heterocycles. The second kappa shape index (κ2) is 11.9. The average Bonchev–Trinajstić information content (AvgIpc) is 3.45. The summed E-state index contributed by atoms with van der Waals surface area (Å²) in [6.07, 6.45) is -18.3. The molecule has 1 aromatic carbocycles. The van der Waals surface area contributed by atoms with Crippen molar-refractivity contribution in [2.24, 2.45) is 12.5 Å². The number of carbonyl (C=O) groups is 2. The van der Waals surface area contributed by atoms with Gasteiger partial charge in [0.05, 0.1) is 22.9 Å². The molecule has 0 radical (unpaired) electrons. The van der Waals surface area contributed by atoms with Crippen LogP contribution in [-0.2, 0) is 28.1 Å². The van der Waals surface area contributed by atoms with Gasteiger partial charge in [-0.05, 0) is 30.5 Å². The van der Waals surface area contributed by atoms with Gasteiger partial charge in [0.2, 0.25) is 5.91 Å². The summed E-state index contributed by atoms with van der Waals surface area (Å²) in [6.45, 7) is 4.53. The van der Waals surface area contributed by atoms with Crippen LogP contribution in [0.15, 0.2) is 30.6 Å². The standard InChI is InChI=1S/C27H21ClF10N6O5S/c1-22(2,3)21(46)44(23(12-39)7-8-23)20(45)15-9-13(5-6-16(15)28)14-10-40-43(11-14)19-17(24(29,30)31)18(41-42(19)4)49-50(47,48)25(32,26(33,34)35)27(36,37)38/h5-6,9-11H,7-8H2,1-4H3. The molecule has 0 saturated heterocycles. The summed E-state index contributed by atoms with van der Waals surface area (Å²) in [5, 5.41) is 9.02. The number of aryl methyl sites for hydroxylation is 1. The van der Waals surface area contributed by atoms with E-state index in [0.29, 0.717) is 11.7 Å². The number of benzene rings is 1. The van der Waals surface area contributed by atoms with Crippen molar-refractivity contribution in [3.05, 3.63) is 46.7 Å². The lowest BCUT2D eigenvalue weighted by atomic mass is 9.92. The molecule has 23 heteroatoms. The van der Waals surface area contributed by atoms with Gasteiger partial charge in [-0.3, -0.25) is 14.5 Å². The Morgan fingerprint density at radius 3 is 2.02 bits per heavy atom. The van der Waals surface area contributed by atoms with Crippen LogP contribution in [-0.4, -0.2) is 67.6 Å². The third-order valence-electron chi connectivity index (χ3n) is 7.27. The summed E-state index contributed by atoms with van der Waals surface area (Å²) in [6, 6.07) is 5.51. The Kier molecular flexibility index (Phi) is 9.10. The van der Waals surface area contributed by atoms with Crippen LogP contribution in [0.25, 0.3) is 16.9 Å². The highest BCUT2D eigenvalue weighted by Gasteiger charge is 2.82. The Morgan fingerprint density at radius 2 is 1.56 bits per heavy atom. The highest BCUT2D eigenvalue weighted by Crippen LogP contribution is 2.51. The third kappa shape index (κ3) is 6.36. The Labute approximate surface area is 280 Å². The minimum absolute atomic E-state index is 0.0151. The molecule has 0 bridgehead atoms. The van der Waals surface area contributed by atoms with Gasteiger partial charge >= 0.3 is 33.6 Å². The fourth-order valence-electron chi connectivity index (χ4n) is 4.56. The zero-order valence-electron chi connectivity index (χ0n) is 25.6. The van der Waals surface area contributed by atoms with E-state index >= 15 is 0 Å². The summed E-state index contributed by atoms with van der Waals surface area (Å²) < 4.78 is 163. The van der Waals surface area contributed by atoms with Gasteiger partial charge in [-0.25, -0.2) is 13.8 Å². The number of nitrogens with zero attached hydrogens (tertiary/aromatic N) is 6. The zero-order valence-corrected chi connectivity index (χ0v) is 27.2. The van der Waals surface area contributed by atoms with Crippen LogP contribution in [0.3, 0.4) is 0 Å². The second-order valence-corrected chi connectivity index (χ2v) is 14.0. The topological polar surface area (TPSA) is 140 Å². The summed E-state index contributed by atoms with van der Waals surface area (Å²) >= 11 is 6.26. The first-order valence-corrected chi connectivity index (χ1v) is 15.4. The predicted molar refractivity (Wildman–Crippen MR) is 149 cm³/mol. The van der Waals surface area contributed by atoms with Crippen molar-refractivity contribution in [2.75, 3.05) is 0 Å². The van der Waals surface area contributed by atoms with Gasteiger partial charge in [0.15, 0.2) is 11.4 Å². The van der Waals surface area contributed by atoms with E-state index in [1.54, 1.807) is 0 Å². The number of nitriles is 1. The van der Waals surface area contributed by atoms with Crippen LogP contribution in [0.5, 0.6) is 5.88 Å². The predicted octanol–water partition coefficient (Wildman–Crippen LogP) is 6.52. The minimum atomic E-state index is -7.66. The van der Waals surface area contributed by atoms with Crippen LogP contribution in [0.4, 0.5) is 43.9 Å². The molecule has 272 valence electrons. The molecule has 4 rings (SSSR count). The van der Waals surface area contributed by atoms with Gasteiger partial charge in [0.1, 0.15) is 5.54 Å². The van der Waals surface area contributed by atoms with E-state index in [1.165, 1.54) is 32.9 Å². The first kappa shape index (κ1) is 38.4. The molecular formula is C27H21ClF10N6O5S. The summed E-state index contributed by atoms with van der Waals surface area (Å²) in [7, 11) is -7.00. The number of aromatic nitrogens is 4. The van der Waals surface area contributed by atoms with E-state index in [2.05, 4.69) is 14.4 Å². The Bertz CT molecular complexity index is 2010. The Balaban J connectivity index is 1.81. The van der Waals surface area contributed by atoms with E-state index in [-0.39, 0.29) is 39.2 Å². The van der Waals surface area contributed by atoms with Crippen molar-refractivity contribution in [3.63, 3.8) is 0 Å². The molecule has 2 aromatic heterocycles. The molecule has 11 nitrogen and oxygen atoms in total. The number of rotatable bonds is 7. The lowest BCUT2D eigenvalue weighted by molar-refractivity contribution is -0.307. The number of hydrogen-bond donors (Lipinski definition) is 0. The van der Waals surface area contributed by atoms with Crippen molar-refractivity contribution < 1.29 is 66.1 Å². The first-order valence-electron chi connectivity index (χ1n) is 13.6. The third-order valence-corrected chi connectivity index (χ3v) is 9.13. The number of imide groups is 1. The second-order valence-electron chi connectivity index (χ2n) is 12.0. The number of hydrogen-bond acceptors (Lipinski definition) is 8. The Morgan fingerprint density at radius 1 is 1.00 bits per heavy atom. The van der Waals surface area contributed by atoms with Crippen LogP contribution >= 0.6 is 11.6 Å². The van der Waals surface area contributed by atoms with Crippen molar-refractivity contribution in [3.8, 4) is 28.9 Å². The quantitative estimate of drug-likeness (QED) is 0.196. The SMILES string of the molecule is Cn1nc(OS(=O)(=O)C(F)(C(F)(F)F)C(F)(F)F)c(C(F)(F)F)c1-n1cc(-c2ccc(Cl)c(C(=O)N(C(=O)C(C)(C)C)C3(C#N)CC3)c2)cn1. The monoisotopic (exact) mass is 766 g/mol. The van der Waals surface area contributed by atoms with E-state index in [9.17, 15) is 67.2 Å². The van der Waals surface area contributed by atoms with Gasteiger partial charge in [0.25, 0.3) is 11.8 Å². The van der Waals surface area contributed by atoms with E-state index in [1.807, 2.05) is 6.07 Å². The number of halogens is 11. The molecule has 2 amide bonds. The molecule has 0 atom stereocenters. The molecule has 50 heavy (non-hydrogen) atoms. The van der Waals surface area contributed by atoms with Gasteiger partial charge in [0, 0.05) is 24.2 Å². The molecule has 0 spiro atoms. The average molecular weight is 767 g/mol. The lowest BCUT2D eigenvalue weighted by Gasteiger charge is -2.31. The highest BCUT2D eigenvalue weighted by atomic mass is 35.5. The Hall–Kier alpha value is -4.39. The normalized spacial score (nSPS) is 15.4. The maximum absolute atomic E-state index is 14.3. The van der Waals surface area contributed by atoms with Crippen molar-refractivity contribution >= 4 is 33.5 Å². The maximum Gasteiger partial charge on any atom is 0.450 e. The highest BCUT2D eigenvalue weighted by molar-refractivity contribution is 7.88. The summed E-state index contributed by atoms with van der Waals surface area (Å²) in [5.74, 6) is -5.38. The van der Waals surface area contributed by atoms with Crippen LogP contribution in [0, 0.1) is 16.7 Å². The smallest absolute Gasteiger partial charge is 0.356 e. The summed E-state index contributed by atoms with van der Waals surface area (Å²) in [5.41, 5.74) is -5.33. The molecule has 0 N–H and O–H groups in total. The van der Waals surface area contributed by atoms with Gasteiger partial charge in [-0.2, -0.15) is 58.3 Å². The first-order chi connectivity index (χ1) is 22.5. The molecule has 1 aliphatic rings. The molecule has 1 saturated carbocycles. The maximum atomic E-state index is 14.3. The zero-order chi connectivity index (χ0) is 38.2. The van der Waals surface area contributed by atoms with Crippen molar-refractivity contribution in [1.29, 1.82) is 5.26 Å². The van der Waals surface area contributed by atoms with Gasteiger partial charge in [-0.15, -0.1) is 5.10 Å². The molecule has 1 fully saturated rings. The molecule has 0 aliphatic heterocycles.